The number of phenols is 1. The number of aromatic hydroxyl groups is 1. The molecule has 2 aromatic rings. The van der Waals surface area contributed by atoms with Gasteiger partial charge in [0.15, 0.2) is 0 Å². The third-order valence-corrected chi connectivity index (χ3v) is 3.44. The first-order chi connectivity index (χ1) is 8.92. The van der Waals surface area contributed by atoms with Gasteiger partial charge < -0.3 is 9.84 Å². The number of hydrogen-bond donors (Lipinski definition) is 1. The molecule has 0 atom stereocenters. The van der Waals surface area contributed by atoms with E-state index in [-0.39, 0.29) is 11.7 Å². The van der Waals surface area contributed by atoms with E-state index in [4.69, 9.17) is 4.74 Å². The van der Waals surface area contributed by atoms with Crippen molar-refractivity contribution in [3.63, 3.8) is 0 Å². The number of hydrogen-bond acceptors (Lipinski definition) is 3. The van der Waals surface area contributed by atoms with Crippen molar-refractivity contribution in [3.05, 3.63) is 36.4 Å². The Bertz CT molecular complexity index is 614. The molecule has 100 valence electrons. The van der Waals surface area contributed by atoms with Crippen molar-refractivity contribution < 1.29 is 14.6 Å². The summed E-state index contributed by atoms with van der Waals surface area (Å²) in [6, 6.07) is 10.5. The highest BCUT2D eigenvalue weighted by molar-refractivity contribution is 5.86. The van der Waals surface area contributed by atoms with Crippen LogP contribution in [0, 0.1) is 5.41 Å². The van der Waals surface area contributed by atoms with E-state index in [1.807, 2.05) is 26.8 Å². The first-order valence-corrected chi connectivity index (χ1v) is 6.37. The number of phenolic OH excluding ortho intramolecular Hbond substituents is 1. The normalized spacial score (nSPS) is 11.5. The topological polar surface area (TPSA) is 46.5 Å². The minimum absolute atomic E-state index is 0.226. The molecule has 0 fully saturated rings. The molecule has 0 aliphatic heterocycles. The predicted octanol–water partition coefficient (Wildman–Crippen LogP) is 3.89. The van der Waals surface area contributed by atoms with Crippen LogP contribution >= 0.6 is 0 Å². The van der Waals surface area contributed by atoms with Crippen LogP contribution in [0.4, 0.5) is 0 Å². The van der Waals surface area contributed by atoms with E-state index in [9.17, 15) is 9.90 Å². The molecule has 0 saturated heterocycles. The predicted molar refractivity (Wildman–Crippen MR) is 75.3 cm³/mol. The number of carbonyl (C=O) groups excluding carboxylic acids is 1. The van der Waals surface area contributed by atoms with Gasteiger partial charge in [-0.05, 0) is 55.3 Å². The summed E-state index contributed by atoms with van der Waals surface area (Å²) in [7, 11) is 0. The van der Waals surface area contributed by atoms with Crippen molar-refractivity contribution in [2.75, 3.05) is 0 Å². The third kappa shape index (κ3) is 2.87. The van der Waals surface area contributed by atoms with E-state index in [1.54, 1.807) is 30.3 Å². The molecule has 0 heterocycles. The average molecular weight is 258 g/mol. The van der Waals surface area contributed by atoms with Crippen molar-refractivity contribution in [2.45, 2.75) is 27.2 Å². The smallest absolute Gasteiger partial charge is 0.316 e. The van der Waals surface area contributed by atoms with Crippen LogP contribution in [0.3, 0.4) is 0 Å². The van der Waals surface area contributed by atoms with Gasteiger partial charge in [0.25, 0.3) is 0 Å². The minimum atomic E-state index is -0.482. The summed E-state index contributed by atoms with van der Waals surface area (Å²) in [4.78, 5) is 12.0. The van der Waals surface area contributed by atoms with E-state index < -0.39 is 5.41 Å². The number of fused-ring (bicyclic) bond motifs is 1. The zero-order valence-corrected chi connectivity index (χ0v) is 11.4. The lowest BCUT2D eigenvalue weighted by Gasteiger charge is -2.20. The molecule has 2 rings (SSSR count). The SMILES string of the molecule is CCC(C)(C)C(=O)Oc1ccc2cc(O)ccc2c1. The second-order valence-electron chi connectivity index (χ2n) is 5.32. The van der Waals surface area contributed by atoms with Crippen LogP contribution in [0.25, 0.3) is 10.8 Å². The number of benzene rings is 2. The molecule has 0 saturated carbocycles. The first-order valence-electron chi connectivity index (χ1n) is 6.37. The summed E-state index contributed by atoms with van der Waals surface area (Å²) < 4.78 is 5.41. The highest BCUT2D eigenvalue weighted by Gasteiger charge is 2.27. The lowest BCUT2D eigenvalue weighted by atomic mass is 9.91. The summed E-state index contributed by atoms with van der Waals surface area (Å²) in [5, 5.41) is 11.2. The van der Waals surface area contributed by atoms with Crippen LogP contribution in [0.15, 0.2) is 36.4 Å². The van der Waals surface area contributed by atoms with Crippen LogP contribution in [-0.2, 0) is 4.79 Å². The Morgan fingerprint density at radius 2 is 1.79 bits per heavy atom. The summed E-state index contributed by atoms with van der Waals surface area (Å²) in [5.41, 5.74) is -0.482. The number of ether oxygens (including phenoxy) is 1. The molecule has 19 heavy (non-hydrogen) atoms. The molecule has 2 aromatic carbocycles. The largest absolute Gasteiger partial charge is 0.508 e. The molecule has 1 N–H and O–H groups in total. The van der Waals surface area contributed by atoms with Gasteiger partial charge in [0.1, 0.15) is 11.5 Å². The van der Waals surface area contributed by atoms with Gasteiger partial charge in [-0.15, -0.1) is 0 Å². The van der Waals surface area contributed by atoms with Crippen LogP contribution in [0.5, 0.6) is 11.5 Å². The van der Waals surface area contributed by atoms with Gasteiger partial charge in [0.05, 0.1) is 5.41 Å². The molecule has 0 bridgehead atoms. The fourth-order valence-corrected chi connectivity index (χ4v) is 1.66. The van der Waals surface area contributed by atoms with E-state index in [1.165, 1.54) is 0 Å². The molecule has 0 aliphatic carbocycles. The van der Waals surface area contributed by atoms with Crippen molar-refractivity contribution in [1.29, 1.82) is 0 Å². The zero-order chi connectivity index (χ0) is 14.0. The van der Waals surface area contributed by atoms with Gasteiger partial charge in [-0.25, -0.2) is 0 Å². The molecule has 3 heteroatoms. The molecule has 0 aliphatic rings. The van der Waals surface area contributed by atoms with Crippen LogP contribution in [0.1, 0.15) is 27.2 Å². The summed E-state index contributed by atoms with van der Waals surface area (Å²) in [6.45, 7) is 5.70. The summed E-state index contributed by atoms with van der Waals surface area (Å²) >= 11 is 0. The molecular formula is C16H18O3. The maximum Gasteiger partial charge on any atom is 0.316 e. The molecule has 0 radical (unpaired) electrons. The maximum atomic E-state index is 12.0. The first kappa shape index (κ1) is 13.4. The zero-order valence-electron chi connectivity index (χ0n) is 11.4. The molecular weight excluding hydrogens is 240 g/mol. The third-order valence-electron chi connectivity index (χ3n) is 3.44. The lowest BCUT2D eigenvalue weighted by molar-refractivity contribution is -0.144. The van der Waals surface area contributed by atoms with Gasteiger partial charge >= 0.3 is 5.97 Å². The minimum Gasteiger partial charge on any atom is -0.508 e. The summed E-state index contributed by atoms with van der Waals surface area (Å²) in [6.07, 6.45) is 0.729. The lowest BCUT2D eigenvalue weighted by Crippen LogP contribution is -2.28. The summed E-state index contributed by atoms with van der Waals surface area (Å²) in [5.74, 6) is 0.530. The number of rotatable bonds is 3. The van der Waals surface area contributed by atoms with Gasteiger partial charge in [-0.2, -0.15) is 0 Å². The molecule has 0 aromatic heterocycles. The van der Waals surface area contributed by atoms with E-state index in [0.717, 1.165) is 17.2 Å². The highest BCUT2D eigenvalue weighted by atomic mass is 16.5. The number of esters is 1. The Morgan fingerprint density at radius 1 is 1.16 bits per heavy atom. The molecule has 0 unspecified atom stereocenters. The average Bonchev–Trinajstić information content (AvgIpc) is 2.38. The molecule has 0 amide bonds. The Morgan fingerprint density at radius 3 is 2.47 bits per heavy atom. The number of carbonyl (C=O) groups is 1. The highest BCUT2D eigenvalue weighted by Crippen LogP contribution is 2.27. The van der Waals surface area contributed by atoms with Gasteiger partial charge in [-0.1, -0.05) is 19.1 Å². The van der Waals surface area contributed by atoms with Crippen LogP contribution in [-0.4, -0.2) is 11.1 Å². The van der Waals surface area contributed by atoms with Crippen LogP contribution in [0.2, 0.25) is 0 Å². The monoisotopic (exact) mass is 258 g/mol. The Kier molecular flexibility index (Phi) is 3.47. The molecule has 0 spiro atoms. The Labute approximate surface area is 112 Å². The van der Waals surface area contributed by atoms with E-state index in [2.05, 4.69) is 0 Å². The van der Waals surface area contributed by atoms with Crippen LogP contribution < -0.4 is 4.74 Å². The van der Waals surface area contributed by atoms with Crippen molar-refractivity contribution in [1.82, 2.24) is 0 Å². The second-order valence-corrected chi connectivity index (χ2v) is 5.32. The van der Waals surface area contributed by atoms with Crippen molar-refractivity contribution in [2.24, 2.45) is 5.41 Å². The van der Waals surface area contributed by atoms with Crippen molar-refractivity contribution in [3.8, 4) is 11.5 Å². The molecule has 3 nitrogen and oxygen atoms in total. The van der Waals surface area contributed by atoms with Gasteiger partial charge in [-0.3, -0.25) is 4.79 Å². The fourth-order valence-electron chi connectivity index (χ4n) is 1.66. The fraction of sp³-hybridized carbons (Fsp3) is 0.312. The quantitative estimate of drug-likeness (QED) is 0.671. The van der Waals surface area contributed by atoms with E-state index >= 15 is 0 Å². The van der Waals surface area contributed by atoms with Gasteiger partial charge in [0, 0.05) is 0 Å². The standard InChI is InChI=1S/C16H18O3/c1-4-16(2,3)15(18)19-14-8-6-11-9-13(17)7-5-12(11)10-14/h5-10,17H,4H2,1-3H3. The Hall–Kier alpha value is -2.03. The van der Waals surface area contributed by atoms with Gasteiger partial charge in [0.2, 0.25) is 0 Å². The van der Waals surface area contributed by atoms with E-state index in [0.29, 0.717) is 5.75 Å². The maximum absolute atomic E-state index is 12.0. The van der Waals surface area contributed by atoms with Crippen molar-refractivity contribution >= 4 is 16.7 Å². The second kappa shape index (κ2) is 4.92. The Balaban J connectivity index is 2.27.